The highest BCUT2D eigenvalue weighted by molar-refractivity contribution is 5.95. The first kappa shape index (κ1) is 20.4. The normalized spacial score (nSPS) is 21.5. The number of hydrogen-bond acceptors (Lipinski definition) is 4. The number of amides is 2. The Hall–Kier alpha value is -2.86. The molecule has 2 fully saturated rings. The van der Waals surface area contributed by atoms with E-state index in [-0.39, 0.29) is 23.7 Å². The summed E-state index contributed by atoms with van der Waals surface area (Å²) >= 11 is 0. The van der Waals surface area contributed by atoms with Gasteiger partial charge >= 0.3 is 0 Å². The van der Waals surface area contributed by atoms with E-state index in [0.717, 1.165) is 16.9 Å². The molecule has 158 valence electrons. The molecule has 0 aromatic heterocycles. The van der Waals surface area contributed by atoms with Crippen LogP contribution in [0, 0.1) is 12.8 Å². The maximum Gasteiger partial charge on any atom is 0.253 e. The van der Waals surface area contributed by atoms with Crippen molar-refractivity contribution >= 4 is 11.8 Å². The Bertz CT molecular complexity index is 906. The molecule has 2 unspecified atom stereocenters. The van der Waals surface area contributed by atoms with Gasteiger partial charge in [-0.15, -0.1) is 0 Å². The van der Waals surface area contributed by atoms with Crippen LogP contribution in [-0.2, 0) is 9.53 Å². The van der Waals surface area contributed by atoms with Crippen LogP contribution in [0.4, 0.5) is 0 Å². The summed E-state index contributed by atoms with van der Waals surface area (Å²) in [5.41, 5.74) is 2.74. The molecule has 2 aromatic carbocycles. The van der Waals surface area contributed by atoms with E-state index in [1.165, 1.54) is 0 Å². The molecule has 6 nitrogen and oxygen atoms in total. The van der Waals surface area contributed by atoms with Crippen molar-refractivity contribution in [1.29, 1.82) is 0 Å². The first-order chi connectivity index (χ1) is 14.6. The van der Waals surface area contributed by atoms with Crippen LogP contribution in [0.3, 0.4) is 0 Å². The highest BCUT2D eigenvalue weighted by Gasteiger charge is 2.43. The molecular formula is C24H28N2O4. The number of morpholine rings is 1. The number of carbonyl (C=O) groups is 2. The van der Waals surface area contributed by atoms with E-state index in [9.17, 15) is 9.59 Å². The summed E-state index contributed by atoms with van der Waals surface area (Å²) in [6.07, 6.45) is 0. The molecule has 2 aliphatic heterocycles. The molecule has 2 saturated heterocycles. The van der Waals surface area contributed by atoms with Gasteiger partial charge in [-0.1, -0.05) is 35.9 Å². The molecule has 2 aliphatic rings. The predicted molar refractivity (Wildman–Crippen MR) is 114 cm³/mol. The molecule has 0 N–H and O–H groups in total. The van der Waals surface area contributed by atoms with Crippen molar-refractivity contribution in [2.45, 2.75) is 12.8 Å². The third-order valence-electron chi connectivity index (χ3n) is 6.08. The van der Waals surface area contributed by atoms with Crippen LogP contribution >= 0.6 is 0 Å². The van der Waals surface area contributed by atoms with E-state index >= 15 is 0 Å². The quantitative estimate of drug-likeness (QED) is 0.781. The molecule has 2 heterocycles. The van der Waals surface area contributed by atoms with Gasteiger partial charge in [-0.3, -0.25) is 9.59 Å². The zero-order valence-corrected chi connectivity index (χ0v) is 17.5. The van der Waals surface area contributed by atoms with E-state index in [2.05, 4.69) is 0 Å². The minimum absolute atomic E-state index is 0.0350. The Kier molecular flexibility index (Phi) is 6.04. The monoisotopic (exact) mass is 408 g/mol. The lowest BCUT2D eigenvalue weighted by Gasteiger charge is -2.31. The second-order valence-electron chi connectivity index (χ2n) is 7.97. The van der Waals surface area contributed by atoms with Crippen LogP contribution in [0.25, 0.3) is 0 Å². The van der Waals surface area contributed by atoms with Gasteiger partial charge in [-0.25, -0.2) is 0 Å². The van der Waals surface area contributed by atoms with E-state index < -0.39 is 0 Å². The van der Waals surface area contributed by atoms with Gasteiger partial charge in [-0.05, 0) is 30.7 Å². The van der Waals surface area contributed by atoms with Crippen molar-refractivity contribution in [3.05, 3.63) is 65.2 Å². The average molecular weight is 408 g/mol. The average Bonchev–Trinajstić information content (AvgIpc) is 3.24. The van der Waals surface area contributed by atoms with Crippen molar-refractivity contribution in [3.63, 3.8) is 0 Å². The summed E-state index contributed by atoms with van der Waals surface area (Å²) in [6.45, 7) is 5.21. The van der Waals surface area contributed by atoms with E-state index in [1.54, 1.807) is 7.11 Å². The zero-order valence-electron chi connectivity index (χ0n) is 17.5. The van der Waals surface area contributed by atoms with Crippen molar-refractivity contribution in [1.82, 2.24) is 9.80 Å². The standard InChI is InChI=1S/C24H28N2O4/c1-17-7-9-18(10-8-17)23(27)26-15-20(19-5-3-4-6-22(19)29-2)21(16-26)24(28)25-11-13-30-14-12-25/h3-10,20-21H,11-16H2,1-2H3. The summed E-state index contributed by atoms with van der Waals surface area (Å²) in [6, 6.07) is 15.4. The SMILES string of the molecule is COc1ccccc1C1CN(C(=O)c2ccc(C)cc2)CC1C(=O)N1CCOCC1. The van der Waals surface area contributed by atoms with Crippen LogP contribution in [-0.4, -0.2) is 68.1 Å². The van der Waals surface area contributed by atoms with Gasteiger partial charge in [0.25, 0.3) is 5.91 Å². The number of carbonyl (C=O) groups excluding carboxylic acids is 2. The first-order valence-electron chi connectivity index (χ1n) is 10.4. The minimum atomic E-state index is -0.297. The van der Waals surface area contributed by atoms with Crippen LogP contribution in [0.15, 0.2) is 48.5 Å². The molecular weight excluding hydrogens is 380 g/mol. The maximum atomic E-state index is 13.4. The Morgan fingerprint density at radius 1 is 0.967 bits per heavy atom. The molecule has 0 spiro atoms. The van der Waals surface area contributed by atoms with Gasteiger partial charge in [0.2, 0.25) is 5.91 Å². The lowest BCUT2D eigenvalue weighted by Crippen LogP contribution is -2.45. The fourth-order valence-electron chi connectivity index (χ4n) is 4.40. The van der Waals surface area contributed by atoms with Gasteiger partial charge in [0, 0.05) is 37.7 Å². The van der Waals surface area contributed by atoms with Gasteiger partial charge in [-0.2, -0.15) is 0 Å². The highest BCUT2D eigenvalue weighted by Crippen LogP contribution is 2.39. The smallest absolute Gasteiger partial charge is 0.253 e. The lowest BCUT2D eigenvalue weighted by atomic mass is 9.87. The Balaban J connectivity index is 1.63. The Morgan fingerprint density at radius 2 is 1.67 bits per heavy atom. The summed E-state index contributed by atoms with van der Waals surface area (Å²) in [7, 11) is 1.64. The first-order valence-corrected chi connectivity index (χ1v) is 10.4. The van der Waals surface area contributed by atoms with Crippen molar-refractivity contribution in [3.8, 4) is 5.75 Å². The third-order valence-corrected chi connectivity index (χ3v) is 6.08. The predicted octanol–water partition coefficient (Wildman–Crippen LogP) is 2.72. The van der Waals surface area contributed by atoms with Crippen molar-refractivity contribution in [2.75, 3.05) is 46.5 Å². The molecule has 2 atom stereocenters. The number of hydrogen-bond donors (Lipinski definition) is 0. The Morgan fingerprint density at radius 3 is 2.37 bits per heavy atom. The summed E-state index contributed by atoms with van der Waals surface area (Å²) < 4.78 is 11.0. The maximum absolute atomic E-state index is 13.4. The van der Waals surface area contributed by atoms with Gasteiger partial charge < -0.3 is 19.3 Å². The molecule has 0 radical (unpaired) electrons. The molecule has 2 amide bonds. The van der Waals surface area contributed by atoms with Crippen LogP contribution in [0.2, 0.25) is 0 Å². The second-order valence-corrected chi connectivity index (χ2v) is 7.97. The summed E-state index contributed by atoms with van der Waals surface area (Å²) in [4.78, 5) is 30.3. The molecule has 30 heavy (non-hydrogen) atoms. The van der Waals surface area contributed by atoms with Gasteiger partial charge in [0.15, 0.2) is 0 Å². The molecule has 4 rings (SSSR count). The molecule has 6 heteroatoms. The van der Waals surface area contributed by atoms with Crippen molar-refractivity contribution < 1.29 is 19.1 Å². The fourth-order valence-corrected chi connectivity index (χ4v) is 4.40. The van der Waals surface area contributed by atoms with Gasteiger partial charge in [0.05, 0.1) is 26.2 Å². The number of nitrogens with zero attached hydrogens (tertiary/aromatic N) is 2. The number of aryl methyl sites for hydroxylation is 1. The number of benzene rings is 2. The minimum Gasteiger partial charge on any atom is -0.496 e. The molecule has 0 aliphatic carbocycles. The largest absolute Gasteiger partial charge is 0.496 e. The Labute approximate surface area is 177 Å². The number of ether oxygens (including phenoxy) is 2. The highest BCUT2D eigenvalue weighted by atomic mass is 16.5. The van der Waals surface area contributed by atoms with Crippen molar-refractivity contribution in [2.24, 2.45) is 5.92 Å². The number of para-hydroxylation sites is 1. The van der Waals surface area contributed by atoms with Gasteiger partial charge in [0.1, 0.15) is 5.75 Å². The number of methoxy groups -OCH3 is 1. The summed E-state index contributed by atoms with van der Waals surface area (Å²) in [5, 5.41) is 0. The van der Waals surface area contributed by atoms with E-state index in [0.29, 0.717) is 45.0 Å². The van der Waals surface area contributed by atoms with Crippen LogP contribution in [0.1, 0.15) is 27.4 Å². The lowest BCUT2D eigenvalue weighted by molar-refractivity contribution is -0.139. The van der Waals surface area contributed by atoms with E-state index in [1.807, 2.05) is 65.3 Å². The number of rotatable bonds is 4. The molecule has 2 aromatic rings. The molecule has 0 saturated carbocycles. The summed E-state index contributed by atoms with van der Waals surface area (Å²) in [5.74, 6) is 0.409. The fraction of sp³-hybridized carbons (Fsp3) is 0.417. The van der Waals surface area contributed by atoms with Crippen LogP contribution in [0.5, 0.6) is 5.75 Å². The second kappa shape index (κ2) is 8.88. The van der Waals surface area contributed by atoms with Crippen LogP contribution < -0.4 is 4.74 Å². The van der Waals surface area contributed by atoms with E-state index in [4.69, 9.17) is 9.47 Å². The number of likely N-dealkylation sites (tertiary alicyclic amines) is 1. The molecule has 0 bridgehead atoms. The third kappa shape index (κ3) is 4.05. The zero-order chi connectivity index (χ0) is 21.1. The topological polar surface area (TPSA) is 59.1 Å².